The number of hydrogen-bond donors (Lipinski definition) is 1. The maximum Gasteiger partial charge on any atom is 0.241 e. The normalized spacial score (nSPS) is 11.5. The minimum Gasteiger partial charge on any atom is -0.207 e. The van der Waals surface area contributed by atoms with Gasteiger partial charge in [0, 0.05) is 15.5 Å². The van der Waals surface area contributed by atoms with E-state index in [4.69, 9.17) is 0 Å². The zero-order valence-electron chi connectivity index (χ0n) is 9.81. The van der Waals surface area contributed by atoms with E-state index >= 15 is 0 Å². The summed E-state index contributed by atoms with van der Waals surface area (Å²) in [6, 6.07) is 14.2. The van der Waals surface area contributed by atoms with Crippen molar-refractivity contribution in [3.63, 3.8) is 0 Å². The molecular formula is C13H11Br2NO2S. The van der Waals surface area contributed by atoms with Gasteiger partial charge in [-0.15, -0.1) is 0 Å². The second-order valence-corrected chi connectivity index (χ2v) is 7.39. The van der Waals surface area contributed by atoms with Gasteiger partial charge in [-0.25, -0.2) is 13.1 Å². The molecule has 0 saturated heterocycles. The van der Waals surface area contributed by atoms with Crippen LogP contribution in [0.3, 0.4) is 0 Å². The molecule has 0 spiro atoms. The lowest BCUT2D eigenvalue weighted by molar-refractivity contribution is 0.581. The first-order chi connectivity index (χ1) is 8.99. The number of nitrogens with one attached hydrogen (secondary N) is 1. The quantitative estimate of drug-likeness (QED) is 0.844. The van der Waals surface area contributed by atoms with Crippen LogP contribution < -0.4 is 4.72 Å². The Morgan fingerprint density at radius 2 is 1.58 bits per heavy atom. The van der Waals surface area contributed by atoms with E-state index in [1.807, 2.05) is 24.3 Å². The summed E-state index contributed by atoms with van der Waals surface area (Å²) in [5, 5.41) is 0. The van der Waals surface area contributed by atoms with Gasteiger partial charge < -0.3 is 0 Å². The number of hydrogen-bond acceptors (Lipinski definition) is 2. The molecule has 0 aliphatic carbocycles. The third-order valence-corrected chi connectivity index (χ3v) is 5.45. The van der Waals surface area contributed by atoms with Crippen LogP contribution in [0.1, 0.15) is 5.56 Å². The lowest BCUT2D eigenvalue weighted by Crippen LogP contribution is -2.23. The van der Waals surface area contributed by atoms with Crippen LogP contribution in [-0.2, 0) is 16.6 Å². The number of benzene rings is 2. The van der Waals surface area contributed by atoms with Crippen molar-refractivity contribution in [2.24, 2.45) is 0 Å². The van der Waals surface area contributed by atoms with Gasteiger partial charge in [0.15, 0.2) is 0 Å². The SMILES string of the molecule is O=S(=O)(NCc1ccc(Br)cc1)c1ccccc1Br. The molecular weight excluding hydrogens is 394 g/mol. The monoisotopic (exact) mass is 403 g/mol. The van der Waals surface area contributed by atoms with E-state index in [1.165, 1.54) is 0 Å². The van der Waals surface area contributed by atoms with Gasteiger partial charge in [-0.3, -0.25) is 0 Å². The predicted molar refractivity (Wildman–Crippen MR) is 82.3 cm³/mol. The summed E-state index contributed by atoms with van der Waals surface area (Å²) in [4.78, 5) is 0.243. The Balaban J connectivity index is 2.14. The van der Waals surface area contributed by atoms with Crippen molar-refractivity contribution in [2.75, 3.05) is 0 Å². The molecule has 0 radical (unpaired) electrons. The highest BCUT2D eigenvalue weighted by atomic mass is 79.9. The summed E-state index contributed by atoms with van der Waals surface area (Å²) in [7, 11) is -3.51. The Hall–Kier alpha value is -0.690. The molecule has 2 aromatic rings. The second-order valence-electron chi connectivity index (χ2n) is 3.88. The van der Waals surface area contributed by atoms with E-state index in [-0.39, 0.29) is 11.4 Å². The maximum atomic E-state index is 12.1. The molecule has 0 aromatic heterocycles. The zero-order chi connectivity index (χ0) is 13.9. The Morgan fingerprint density at radius 3 is 2.21 bits per heavy atom. The van der Waals surface area contributed by atoms with Crippen LogP contribution in [0, 0.1) is 0 Å². The minimum atomic E-state index is -3.51. The fourth-order valence-electron chi connectivity index (χ4n) is 1.52. The number of rotatable bonds is 4. The fourth-order valence-corrected chi connectivity index (χ4v) is 3.80. The highest BCUT2D eigenvalue weighted by Crippen LogP contribution is 2.21. The third kappa shape index (κ3) is 3.89. The molecule has 0 amide bonds. The maximum absolute atomic E-state index is 12.1. The Labute approximate surface area is 129 Å². The topological polar surface area (TPSA) is 46.2 Å². The Morgan fingerprint density at radius 1 is 0.947 bits per heavy atom. The van der Waals surface area contributed by atoms with Crippen LogP contribution in [0.15, 0.2) is 62.4 Å². The first-order valence-electron chi connectivity index (χ1n) is 5.48. The van der Waals surface area contributed by atoms with Gasteiger partial charge in [-0.05, 0) is 45.8 Å². The van der Waals surface area contributed by atoms with Gasteiger partial charge in [0.1, 0.15) is 0 Å². The Kier molecular flexibility index (Phi) is 4.78. The lowest BCUT2D eigenvalue weighted by atomic mass is 10.2. The first-order valence-corrected chi connectivity index (χ1v) is 8.54. The van der Waals surface area contributed by atoms with Crippen molar-refractivity contribution in [1.82, 2.24) is 4.72 Å². The fraction of sp³-hybridized carbons (Fsp3) is 0.0769. The van der Waals surface area contributed by atoms with Crippen LogP contribution in [0.25, 0.3) is 0 Å². The van der Waals surface area contributed by atoms with Gasteiger partial charge in [0.2, 0.25) is 10.0 Å². The van der Waals surface area contributed by atoms with Crippen LogP contribution in [0.2, 0.25) is 0 Å². The number of halogens is 2. The molecule has 1 N–H and O–H groups in total. The molecule has 0 fully saturated rings. The third-order valence-electron chi connectivity index (χ3n) is 2.51. The molecule has 0 heterocycles. The first kappa shape index (κ1) is 14.7. The van der Waals surface area contributed by atoms with Gasteiger partial charge in [0.05, 0.1) is 4.90 Å². The predicted octanol–water partition coefficient (Wildman–Crippen LogP) is 3.69. The molecule has 0 aliphatic rings. The summed E-state index contributed by atoms with van der Waals surface area (Å²) in [6.07, 6.45) is 0. The van der Waals surface area contributed by atoms with Crippen molar-refractivity contribution in [2.45, 2.75) is 11.4 Å². The van der Waals surface area contributed by atoms with E-state index in [0.29, 0.717) is 4.47 Å². The highest BCUT2D eigenvalue weighted by Gasteiger charge is 2.16. The van der Waals surface area contributed by atoms with Crippen LogP contribution >= 0.6 is 31.9 Å². The van der Waals surface area contributed by atoms with Crippen LogP contribution in [0.4, 0.5) is 0 Å². The average molecular weight is 405 g/mol. The van der Waals surface area contributed by atoms with Gasteiger partial charge in [0.25, 0.3) is 0 Å². The average Bonchev–Trinajstić information content (AvgIpc) is 2.38. The summed E-state index contributed by atoms with van der Waals surface area (Å²) < 4.78 is 28.4. The molecule has 6 heteroatoms. The van der Waals surface area contributed by atoms with Crippen LogP contribution in [0.5, 0.6) is 0 Å². The zero-order valence-corrected chi connectivity index (χ0v) is 13.8. The lowest BCUT2D eigenvalue weighted by Gasteiger charge is -2.08. The molecule has 2 rings (SSSR count). The molecule has 0 unspecified atom stereocenters. The largest absolute Gasteiger partial charge is 0.241 e. The molecule has 2 aromatic carbocycles. The molecule has 19 heavy (non-hydrogen) atoms. The summed E-state index contributed by atoms with van der Waals surface area (Å²) >= 11 is 6.58. The van der Waals surface area contributed by atoms with Crippen LogP contribution in [-0.4, -0.2) is 8.42 Å². The van der Waals surface area contributed by atoms with Crippen molar-refractivity contribution in [1.29, 1.82) is 0 Å². The molecule has 0 saturated carbocycles. The highest BCUT2D eigenvalue weighted by molar-refractivity contribution is 9.10. The molecule has 0 aliphatic heterocycles. The summed E-state index contributed by atoms with van der Waals surface area (Å²) in [5.74, 6) is 0. The summed E-state index contributed by atoms with van der Waals surface area (Å²) in [6.45, 7) is 0.261. The molecule has 0 bridgehead atoms. The van der Waals surface area contributed by atoms with Crippen molar-refractivity contribution < 1.29 is 8.42 Å². The number of sulfonamides is 1. The minimum absolute atomic E-state index is 0.243. The smallest absolute Gasteiger partial charge is 0.207 e. The van der Waals surface area contributed by atoms with Gasteiger partial charge >= 0.3 is 0 Å². The molecule has 0 atom stereocenters. The standard InChI is InChI=1S/C13H11Br2NO2S/c14-11-7-5-10(6-8-11)9-16-19(17,18)13-4-2-1-3-12(13)15/h1-8,16H,9H2. The molecule has 3 nitrogen and oxygen atoms in total. The van der Waals surface area contributed by atoms with E-state index in [9.17, 15) is 8.42 Å². The van der Waals surface area contributed by atoms with E-state index in [2.05, 4.69) is 36.6 Å². The van der Waals surface area contributed by atoms with Crippen molar-refractivity contribution in [3.8, 4) is 0 Å². The van der Waals surface area contributed by atoms with Crippen molar-refractivity contribution in [3.05, 3.63) is 63.0 Å². The van der Waals surface area contributed by atoms with Crippen molar-refractivity contribution >= 4 is 41.9 Å². The molecule has 100 valence electrons. The summed E-state index contributed by atoms with van der Waals surface area (Å²) in [5.41, 5.74) is 0.902. The van der Waals surface area contributed by atoms with Gasteiger partial charge in [-0.2, -0.15) is 0 Å². The van der Waals surface area contributed by atoms with Gasteiger partial charge in [-0.1, -0.05) is 40.2 Å². The van der Waals surface area contributed by atoms with E-state index < -0.39 is 10.0 Å². The Bertz CT molecular complexity index is 669. The second kappa shape index (κ2) is 6.17. The van der Waals surface area contributed by atoms with E-state index in [0.717, 1.165) is 10.0 Å². The van der Waals surface area contributed by atoms with E-state index in [1.54, 1.807) is 24.3 Å².